The van der Waals surface area contributed by atoms with Crippen molar-refractivity contribution in [1.29, 1.82) is 0 Å². The number of benzene rings is 3. The quantitative estimate of drug-likeness (QED) is 0.466. The van der Waals surface area contributed by atoms with E-state index in [1.54, 1.807) is 6.07 Å². The van der Waals surface area contributed by atoms with Crippen molar-refractivity contribution in [2.45, 2.75) is 27.7 Å². The highest BCUT2D eigenvalue weighted by Gasteiger charge is 2.15. The van der Waals surface area contributed by atoms with Gasteiger partial charge in [-0.2, -0.15) is 5.11 Å². The van der Waals surface area contributed by atoms with Crippen LogP contribution in [0.15, 0.2) is 52.7 Å². The number of carbonyl (C=O) groups excluding carboxylic acids is 1. The van der Waals surface area contributed by atoms with Crippen molar-refractivity contribution in [3.8, 4) is 5.75 Å². The second-order valence-corrected chi connectivity index (χ2v) is 6.32. The van der Waals surface area contributed by atoms with Crippen LogP contribution in [0.4, 0.5) is 11.4 Å². The van der Waals surface area contributed by atoms with Gasteiger partial charge in [0.25, 0.3) is 0 Å². The van der Waals surface area contributed by atoms with Gasteiger partial charge >= 0.3 is 0 Å². The van der Waals surface area contributed by atoms with Crippen LogP contribution in [-0.4, -0.2) is 10.9 Å². The Balaban J connectivity index is 2.20. The van der Waals surface area contributed by atoms with E-state index in [1.165, 1.54) is 12.5 Å². The highest BCUT2D eigenvalue weighted by molar-refractivity contribution is 6.06. The Morgan fingerprint density at radius 3 is 2.32 bits per heavy atom. The van der Waals surface area contributed by atoms with Crippen molar-refractivity contribution in [2.75, 3.05) is 0 Å². The summed E-state index contributed by atoms with van der Waals surface area (Å²) < 4.78 is 0. The molecule has 0 unspecified atom stereocenters. The molecule has 3 aromatic rings. The van der Waals surface area contributed by atoms with Gasteiger partial charge in [0.15, 0.2) is 11.5 Å². The number of aromatic hydroxyl groups is 1. The first-order valence-electron chi connectivity index (χ1n) is 8.13. The van der Waals surface area contributed by atoms with Crippen molar-refractivity contribution in [2.24, 2.45) is 10.2 Å². The SMILES string of the molecule is CC(=O)c1cc2ccccc2c(N=Nc2cc(C)c(C)cc2C)c1O. The van der Waals surface area contributed by atoms with E-state index < -0.39 is 0 Å². The molecule has 0 saturated carbocycles. The van der Waals surface area contributed by atoms with E-state index in [2.05, 4.69) is 23.2 Å². The van der Waals surface area contributed by atoms with Crippen molar-refractivity contribution in [1.82, 2.24) is 0 Å². The second-order valence-electron chi connectivity index (χ2n) is 6.32. The average Bonchev–Trinajstić information content (AvgIpc) is 2.57. The fourth-order valence-electron chi connectivity index (χ4n) is 2.84. The molecule has 0 spiro atoms. The maximum atomic E-state index is 11.8. The number of hydrogen-bond donors (Lipinski definition) is 1. The van der Waals surface area contributed by atoms with Gasteiger partial charge in [-0.15, -0.1) is 5.11 Å². The van der Waals surface area contributed by atoms with Crippen LogP contribution < -0.4 is 0 Å². The summed E-state index contributed by atoms with van der Waals surface area (Å²) in [5.74, 6) is -0.335. The van der Waals surface area contributed by atoms with Crippen LogP contribution in [0, 0.1) is 20.8 Å². The normalized spacial score (nSPS) is 11.4. The lowest BCUT2D eigenvalue weighted by molar-refractivity contribution is 0.101. The van der Waals surface area contributed by atoms with Crippen LogP contribution in [-0.2, 0) is 0 Å². The summed E-state index contributed by atoms with van der Waals surface area (Å²) in [6.07, 6.45) is 0. The van der Waals surface area contributed by atoms with E-state index in [9.17, 15) is 9.90 Å². The molecule has 0 saturated heterocycles. The molecule has 0 aliphatic heterocycles. The van der Waals surface area contributed by atoms with Crippen LogP contribution in [0.3, 0.4) is 0 Å². The van der Waals surface area contributed by atoms with E-state index in [1.807, 2.05) is 44.2 Å². The first-order valence-corrected chi connectivity index (χ1v) is 8.13. The summed E-state index contributed by atoms with van der Waals surface area (Å²) in [5.41, 5.74) is 4.66. The number of carbonyl (C=O) groups is 1. The van der Waals surface area contributed by atoms with Gasteiger partial charge in [0.2, 0.25) is 0 Å². The molecule has 0 heterocycles. The number of azo groups is 1. The minimum Gasteiger partial charge on any atom is -0.505 e. The van der Waals surface area contributed by atoms with Crippen LogP contribution in [0.2, 0.25) is 0 Å². The summed E-state index contributed by atoms with van der Waals surface area (Å²) in [5, 5.41) is 20.8. The van der Waals surface area contributed by atoms with Gasteiger partial charge in [0.05, 0.1) is 11.3 Å². The van der Waals surface area contributed by atoms with E-state index in [0.717, 1.165) is 27.6 Å². The van der Waals surface area contributed by atoms with Gasteiger partial charge in [0, 0.05) is 5.39 Å². The van der Waals surface area contributed by atoms with Crippen molar-refractivity contribution in [3.05, 3.63) is 64.7 Å². The predicted molar refractivity (Wildman–Crippen MR) is 100 cm³/mol. The molecule has 3 aromatic carbocycles. The molecule has 0 bridgehead atoms. The minimum atomic E-state index is -0.206. The van der Waals surface area contributed by atoms with Gasteiger partial charge in [-0.1, -0.05) is 30.3 Å². The Morgan fingerprint density at radius 2 is 1.60 bits per heavy atom. The fraction of sp³-hybridized carbons (Fsp3) is 0.190. The number of Topliss-reactive ketones (excluding diaryl/α,β-unsaturated/α-hetero) is 1. The van der Waals surface area contributed by atoms with Gasteiger partial charge in [-0.05, 0) is 61.9 Å². The van der Waals surface area contributed by atoms with Crippen LogP contribution >= 0.6 is 0 Å². The summed E-state index contributed by atoms with van der Waals surface area (Å²) in [7, 11) is 0. The third-order valence-corrected chi connectivity index (χ3v) is 4.44. The Hall–Kier alpha value is -3.01. The zero-order chi connectivity index (χ0) is 18.1. The number of hydrogen-bond acceptors (Lipinski definition) is 4. The Kier molecular flexibility index (Phi) is 4.36. The molecule has 0 aromatic heterocycles. The zero-order valence-electron chi connectivity index (χ0n) is 14.8. The monoisotopic (exact) mass is 332 g/mol. The van der Waals surface area contributed by atoms with Crippen molar-refractivity contribution >= 4 is 27.9 Å². The van der Waals surface area contributed by atoms with Crippen molar-refractivity contribution < 1.29 is 9.90 Å². The highest BCUT2D eigenvalue weighted by atomic mass is 16.3. The minimum absolute atomic E-state index is 0.128. The van der Waals surface area contributed by atoms with Crippen LogP contribution in [0.1, 0.15) is 34.0 Å². The largest absolute Gasteiger partial charge is 0.505 e. The van der Waals surface area contributed by atoms with E-state index in [-0.39, 0.29) is 17.1 Å². The molecule has 0 atom stereocenters. The summed E-state index contributed by atoms with van der Waals surface area (Å²) in [4.78, 5) is 11.8. The third-order valence-electron chi connectivity index (χ3n) is 4.44. The number of phenolic OH excluding ortho intramolecular Hbond substituents is 1. The van der Waals surface area contributed by atoms with Gasteiger partial charge in [0.1, 0.15) is 5.69 Å². The van der Waals surface area contributed by atoms with Crippen molar-refractivity contribution in [3.63, 3.8) is 0 Å². The molecular weight excluding hydrogens is 312 g/mol. The van der Waals surface area contributed by atoms with E-state index >= 15 is 0 Å². The number of rotatable bonds is 3. The number of nitrogens with zero attached hydrogens (tertiary/aromatic N) is 2. The molecule has 126 valence electrons. The summed E-state index contributed by atoms with van der Waals surface area (Å²) >= 11 is 0. The maximum absolute atomic E-state index is 11.8. The van der Waals surface area contributed by atoms with E-state index in [4.69, 9.17) is 0 Å². The molecule has 0 radical (unpaired) electrons. The lowest BCUT2D eigenvalue weighted by atomic mass is 10.0. The number of fused-ring (bicyclic) bond motifs is 1. The fourth-order valence-corrected chi connectivity index (χ4v) is 2.84. The second kappa shape index (κ2) is 6.48. The van der Waals surface area contributed by atoms with Gasteiger partial charge < -0.3 is 5.11 Å². The first kappa shape index (κ1) is 16.8. The number of ketones is 1. The lowest BCUT2D eigenvalue weighted by Gasteiger charge is -2.09. The van der Waals surface area contributed by atoms with Crippen LogP contribution in [0.5, 0.6) is 5.75 Å². The molecule has 4 heteroatoms. The van der Waals surface area contributed by atoms with Gasteiger partial charge in [-0.3, -0.25) is 4.79 Å². The number of phenols is 1. The molecule has 0 amide bonds. The smallest absolute Gasteiger partial charge is 0.163 e. The zero-order valence-corrected chi connectivity index (χ0v) is 14.8. The summed E-state index contributed by atoms with van der Waals surface area (Å²) in [6.45, 7) is 7.49. The Bertz CT molecular complexity index is 1020. The molecular formula is C21H20N2O2. The molecule has 4 nitrogen and oxygen atoms in total. The highest BCUT2D eigenvalue weighted by Crippen LogP contribution is 2.39. The molecule has 1 N–H and O–H groups in total. The van der Waals surface area contributed by atoms with Crippen LogP contribution in [0.25, 0.3) is 10.8 Å². The third kappa shape index (κ3) is 3.15. The molecule has 0 fully saturated rings. The maximum Gasteiger partial charge on any atom is 0.163 e. The van der Waals surface area contributed by atoms with Gasteiger partial charge in [-0.25, -0.2) is 0 Å². The molecule has 0 aliphatic carbocycles. The Labute approximate surface area is 146 Å². The summed E-state index contributed by atoms with van der Waals surface area (Å²) in [6, 6.07) is 13.2. The average molecular weight is 332 g/mol. The molecule has 0 aliphatic rings. The lowest BCUT2D eigenvalue weighted by Crippen LogP contribution is -1.93. The molecule has 25 heavy (non-hydrogen) atoms. The first-order chi connectivity index (χ1) is 11.9. The molecule has 3 rings (SSSR count). The number of aryl methyl sites for hydroxylation is 3. The Morgan fingerprint density at radius 1 is 0.920 bits per heavy atom. The standard InChI is InChI=1S/C21H20N2O2/c1-12-9-14(3)19(10-13(12)2)22-23-20-17-8-6-5-7-16(17)11-18(15(4)24)21(20)25/h5-11,25H,1-4H3. The predicted octanol–water partition coefficient (Wildman–Crippen LogP) is 6.09. The van der Waals surface area contributed by atoms with E-state index in [0.29, 0.717) is 5.69 Å². The topological polar surface area (TPSA) is 62.0 Å².